The molecule has 0 bridgehead atoms. The minimum Gasteiger partial charge on any atom is -0.366 e. The van der Waals surface area contributed by atoms with Crippen LogP contribution in [-0.4, -0.2) is 49.7 Å². The molecular weight excluding hydrogens is 204 g/mol. The zero-order chi connectivity index (χ0) is 11.5. The van der Waals surface area contributed by atoms with Gasteiger partial charge in [0.05, 0.1) is 6.61 Å². The van der Waals surface area contributed by atoms with E-state index in [1.165, 1.54) is 6.42 Å². The minimum absolute atomic E-state index is 0.172. The lowest BCUT2D eigenvalue weighted by Crippen LogP contribution is -2.52. The molecule has 4 heteroatoms. The van der Waals surface area contributed by atoms with Crippen LogP contribution in [0, 0.1) is 11.8 Å². The van der Waals surface area contributed by atoms with E-state index in [-0.39, 0.29) is 12.0 Å². The number of carbonyl (C=O) groups is 1. The van der Waals surface area contributed by atoms with Crippen LogP contribution in [0.25, 0.3) is 0 Å². The fraction of sp³-hybridized carbons (Fsp3) is 0.917. The summed E-state index contributed by atoms with van der Waals surface area (Å²) in [5.74, 6) is 1.40. The summed E-state index contributed by atoms with van der Waals surface area (Å²) in [6.45, 7) is 8.39. The number of rotatable bonds is 1. The van der Waals surface area contributed by atoms with Gasteiger partial charge in [0.15, 0.2) is 0 Å². The van der Waals surface area contributed by atoms with Crippen molar-refractivity contribution in [1.29, 1.82) is 0 Å². The molecule has 16 heavy (non-hydrogen) atoms. The third kappa shape index (κ3) is 2.74. The quantitative estimate of drug-likeness (QED) is 0.707. The second kappa shape index (κ2) is 5.15. The first-order valence-electron chi connectivity index (χ1n) is 6.28. The van der Waals surface area contributed by atoms with Gasteiger partial charge in [-0.3, -0.25) is 4.79 Å². The Balaban J connectivity index is 1.92. The van der Waals surface area contributed by atoms with Crippen LogP contribution in [-0.2, 0) is 9.53 Å². The number of likely N-dealkylation sites (tertiary alicyclic amines) is 1. The first-order chi connectivity index (χ1) is 7.66. The van der Waals surface area contributed by atoms with Crippen LogP contribution in [0.5, 0.6) is 0 Å². The van der Waals surface area contributed by atoms with E-state index in [2.05, 4.69) is 19.2 Å². The van der Waals surface area contributed by atoms with Gasteiger partial charge in [-0.2, -0.15) is 0 Å². The normalized spacial score (nSPS) is 36.1. The van der Waals surface area contributed by atoms with Crippen LogP contribution in [0.4, 0.5) is 0 Å². The molecule has 0 aliphatic carbocycles. The molecule has 3 unspecified atom stereocenters. The standard InChI is InChI=1S/C12H22N2O2/c1-9-5-10(2)8-14(7-9)12(15)11-6-13-3-4-16-11/h9-11,13H,3-8H2,1-2H3. The van der Waals surface area contributed by atoms with E-state index in [0.29, 0.717) is 25.0 Å². The van der Waals surface area contributed by atoms with Crippen LogP contribution >= 0.6 is 0 Å². The van der Waals surface area contributed by atoms with E-state index < -0.39 is 0 Å². The molecule has 0 radical (unpaired) electrons. The Morgan fingerprint density at radius 1 is 1.31 bits per heavy atom. The Labute approximate surface area is 97.3 Å². The second-order valence-corrected chi connectivity index (χ2v) is 5.25. The SMILES string of the molecule is CC1CC(C)CN(C(=O)C2CNCCO2)C1. The van der Waals surface area contributed by atoms with Crippen molar-refractivity contribution in [2.45, 2.75) is 26.4 Å². The van der Waals surface area contributed by atoms with Gasteiger partial charge < -0.3 is 15.0 Å². The van der Waals surface area contributed by atoms with Gasteiger partial charge in [0.1, 0.15) is 6.10 Å². The molecule has 92 valence electrons. The maximum atomic E-state index is 12.2. The zero-order valence-electron chi connectivity index (χ0n) is 10.2. The Kier molecular flexibility index (Phi) is 3.82. The number of piperidine rings is 1. The topological polar surface area (TPSA) is 41.6 Å². The summed E-state index contributed by atoms with van der Waals surface area (Å²) in [6, 6.07) is 0. The highest BCUT2D eigenvalue weighted by Gasteiger charge is 2.31. The summed E-state index contributed by atoms with van der Waals surface area (Å²) in [6.07, 6.45) is 0.972. The third-order valence-electron chi connectivity index (χ3n) is 3.38. The van der Waals surface area contributed by atoms with Crippen molar-refractivity contribution in [3.05, 3.63) is 0 Å². The molecule has 0 saturated carbocycles. The minimum atomic E-state index is -0.258. The molecular formula is C12H22N2O2. The molecule has 4 nitrogen and oxygen atoms in total. The summed E-state index contributed by atoms with van der Waals surface area (Å²) in [5.41, 5.74) is 0. The molecule has 0 aromatic rings. The van der Waals surface area contributed by atoms with Crippen molar-refractivity contribution in [1.82, 2.24) is 10.2 Å². The fourth-order valence-electron chi connectivity index (χ4n) is 2.77. The number of morpholine rings is 1. The maximum Gasteiger partial charge on any atom is 0.253 e. The molecule has 2 saturated heterocycles. The summed E-state index contributed by atoms with van der Waals surface area (Å²) in [4.78, 5) is 14.2. The van der Waals surface area contributed by atoms with Gasteiger partial charge in [0, 0.05) is 26.2 Å². The molecule has 2 fully saturated rings. The van der Waals surface area contributed by atoms with Crippen molar-refractivity contribution in [2.24, 2.45) is 11.8 Å². The number of hydrogen-bond donors (Lipinski definition) is 1. The highest BCUT2D eigenvalue weighted by molar-refractivity contribution is 5.81. The Bertz CT molecular complexity index is 241. The second-order valence-electron chi connectivity index (χ2n) is 5.25. The van der Waals surface area contributed by atoms with Crippen molar-refractivity contribution < 1.29 is 9.53 Å². The van der Waals surface area contributed by atoms with E-state index in [9.17, 15) is 4.79 Å². The fourth-order valence-corrected chi connectivity index (χ4v) is 2.77. The summed E-state index contributed by atoms with van der Waals surface area (Å²) < 4.78 is 5.51. The van der Waals surface area contributed by atoms with Gasteiger partial charge in [0.25, 0.3) is 5.91 Å². The van der Waals surface area contributed by atoms with E-state index in [1.54, 1.807) is 0 Å². The van der Waals surface area contributed by atoms with Gasteiger partial charge in [0.2, 0.25) is 0 Å². The van der Waals surface area contributed by atoms with Crippen molar-refractivity contribution >= 4 is 5.91 Å². The van der Waals surface area contributed by atoms with Crippen molar-refractivity contribution in [3.63, 3.8) is 0 Å². The lowest BCUT2D eigenvalue weighted by molar-refractivity contribution is -0.147. The molecule has 0 spiro atoms. The van der Waals surface area contributed by atoms with E-state index in [0.717, 1.165) is 19.6 Å². The lowest BCUT2D eigenvalue weighted by atomic mass is 9.91. The van der Waals surface area contributed by atoms with E-state index >= 15 is 0 Å². The van der Waals surface area contributed by atoms with Crippen LogP contribution < -0.4 is 5.32 Å². The average molecular weight is 226 g/mol. The van der Waals surface area contributed by atoms with E-state index in [4.69, 9.17) is 4.74 Å². The molecule has 3 atom stereocenters. The van der Waals surface area contributed by atoms with Crippen LogP contribution in [0.1, 0.15) is 20.3 Å². The number of hydrogen-bond acceptors (Lipinski definition) is 3. The average Bonchev–Trinajstić information content (AvgIpc) is 2.28. The summed E-state index contributed by atoms with van der Waals surface area (Å²) >= 11 is 0. The highest BCUT2D eigenvalue weighted by atomic mass is 16.5. The molecule has 2 rings (SSSR count). The Hall–Kier alpha value is -0.610. The number of carbonyl (C=O) groups excluding carboxylic acids is 1. The number of ether oxygens (including phenoxy) is 1. The molecule has 1 amide bonds. The molecule has 1 N–H and O–H groups in total. The zero-order valence-corrected chi connectivity index (χ0v) is 10.2. The van der Waals surface area contributed by atoms with Gasteiger partial charge in [-0.1, -0.05) is 13.8 Å². The molecule has 0 aromatic heterocycles. The predicted molar refractivity (Wildman–Crippen MR) is 62.1 cm³/mol. The smallest absolute Gasteiger partial charge is 0.253 e. The van der Waals surface area contributed by atoms with Gasteiger partial charge in [-0.05, 0) is 18.3 Å². The Morgan fingerprint density at radius 3 is 2.56 bits per heavy atom. The van der Waals surface area contributed by atoms with Gasteiger partial charge in [-0.15, -0.1) is 0 Å². The van der Waals surface area contributed by atoms with Gasteiger partial charge >= 0.3 is 0 Å². The third-order valence-corrected chi connectivity index (χ3v) is 3.38. The largest absolute Gasteiger partial charge is 0.366 e. The molecule has 2 aliphatic heterocycles. The molecule has 2 aliphatic rings. The summed E-state index contributed by atoms with van der Waals surface area (Å²) in [7, 11) is 0. The van der Waals surface area contributed by atoms with Crippen LogP contribution in [0.2, 0.25) is 0 Å². The number of nitrogens with zero attached hydrogens (tertiary/aromatic N) is 1. The van der Waals surface area contributed by atoms with Crippen molar-refractivity contribution in [3.8, 4) is 0 Å². The van der Waals surface area contributed by atoms with Crippen LogP contribution in [0.3, 0.4) is 0 Å². The van der Waals surface area contributed by atoms with Crippen molar-refractivity contribution in [2.75, 3.05) is 32.8 Å². The predicted octanol–water partition coefficient (Wildman–Crippen LogP) is 0.479. The molecule has 2 heterocycles. The first-order valence-corrected chi connectivity index (χ1v) is 6.28. The number of amides is 1. The lowest BCUT2D eigenvalue weighted by Gasteiger charge is -2.37. The van der Waals surface area contributed by atoms with Gasteiger partial charge in [-0.25, -0.2) is 0 Å². The maximum absolute atomic E-state index is 12.2. The molecule has 0 aromatic carbocycles. The Morgan fingerprint density at radius 2 is 2.00 bits per heavy atom. The van der Waals surface area contributed by atoms with E-state index in [1.807, 2.05) is 4.90 Å². The highest BCUT2D eigenvalue weighted by Crippen LogP contribution is 2.21. The number of nitrogens with one attached hydrogen (secondary N) is 1. The first kappa shape index (κ1) is 11.9. The summed E-state index contributed by atoms with van der Waals surface area (Å²) in [5, 5.41) is 3.20. The van der Waals surface area contributed by atoms with Crippen LogP contribution in [0.15, 0.2) is 0 Å². The monoisotopic (exact) mass is 226 g/mol.